The van der Waals surface area contributed by atoms with Crippen LogP contribution < -0.4 is 9.47 Å². The second-order valence-electron chi connectivity index (χ2n) is 6.57. The van der Waals surface area contributed by atoms with Crippen LogP contribution in [0.15, 0.2) is 41.0 Å². The van der Waals surface area contributed by atoms with Crippen molar-refractivity contribution in [2.45, 2.75) is 19.8 Å². The standard InChI is InChI=1S/C21H26N2O5/c1-3-27-17-8-6-16(15-19(17)26-2)7-9-20(24)22-10-12-23(13-11-22)21(25)18-5-4-14-28-18/h4-6,8,14-15H,3,7,9-13H2,1-2H3. The highest BCUT2D eigenvalue weighted by Crippen LogP contribution is 2.28. The van der Waals surface area contributed by atoms with Crippen LogP contribution in [-0.4, -0.2) is 61.5 Å². The van der Waals surface area contributed by atoms with Gasteiger partial charge in [-0.3, -0.25) is 9.59 Å². The van der Waals surface area contributed by atoms with Gasteiger partial charge in [-0.05, 0) is 43.2 Å². The molecule has 3 rings (SSSR count). The van der Waals surface area contributed by atoms with Crippen molar-refractivity contribution < 1.29 is 23.5 Å². The third kappa shape index (κ3) is 4.65. The first-order chi connectivity index (χ1) is 13.6. The number of hydrogen-bond acceptors (Lipinski definition) is 5. The number of nitrogens with zero attached hydrogens (tertiary/aromatic N) is 2. The van der Waals surface area contributed by atoms with Gasteiger partial charge in [0.15, 0.2) is 17.3 Å². The number of ether oxygens (including phenoxy) is 2. The Balaban J connectivity index is 1.49. The summed E-state index contributed by atoms with van der Waals surface area (Å²) in [6.45, 7) is 4.61. The molecule has 2 amide bonds. The monoisotopic (exact) mass is 386 g/mol. The normalized spacial score (nSPS) is 14.1. The SMILES string of the molecule is CCOc1ccc(CCC(=O)N2CCN(C(=O)c3ccco3)CC2)cc1OC. The molecule has 1 aliphatic heterocycles. The Labute approximate surface area is 164 Å². The van der Waals surface area contributed by atoms with Gasteiger partial charge in [0.2, 0.25) is 5.91 Å². The van der Waals surface area contributed by atoms with Crippen molar-refractivity contribution in [2.75, 3.05) is 39.9 Å². The molecule has 0 unspecified atom stereocenters. The molecule has 7 heteroatoms. The molecule has 7 nitrogen and oxygen atoms in total. The molecule has 2 heterocycles. The summed E-state index contributed by atoms with van der Waals surface area (Å²) in [6.07, 6.45) is 2.54. The van der Waals surface area contributed by atoms with Gasteiger partial charge in [0.05, 0.1) is 20.0 Å². The van der Waals surface area contributed by atoms with Crippen LogP contribution in [0.25, 0.3) is 0 Å². The Hall–Kier alpha value is -2.96. The van der Waals surface area contributed by atoms with Crippen LogP contribution in [0.1, 0.15) is 29.5 Å². The van der Waals surface area contributed by atoms with E-state index in [0.29, 0.717) is 62.9 Å². The van der Waals surface area contributed by atoms with Crippen LogP contribution in [0.2, 0.25) is 0 Å². The number of hydrogen-bond donors (Lipinski definition) is 0. The Morgan fingerprint density at radius 2 is 1.82 bits per heavy atom. The maximum Gasteiger partial charge on any atom is 0.289 e. The lowest BCUT2D eigenvalue weighted by atomic mass is 10.1. The molecular formula is C21H26N2O5. The van der Waals surface area contributed by atoms with Crippen LogP contribution in [0.5, 0.6) is 11.5 Å². The topological polar surface area (TPSA) is 72.2 Å². The van der Waals surface area contributed by atoms with E-state index in [1.165, 1.54) is 6.26 Å². The Bertz CT molecular complexity index is 795. The second-order valence-corrected chi connectivity index (χ2v) is 6.57. The zero-order chi connectivity index (χ0) is 19.9. The van der Waals surface area contributed by atoms with Gasteiger partial charge < -0.3 is 23.7 Å². The Kier molecular flexibility index (Phi) is 6.57. The van der Waals surface area contributed by atoms with E-state index in [1.807, 2.05) is 30.0 Å². The summed E-state index contributed by atoms with van der Waals surface area (Å²) in [7, 11) is 1.61. The van der Waals surface area contributed by atoms with Crippen LogP contribution in [0.3, 0.4) is 0 Å². The summed E-state index contributed by atoms with van der Waals surface area (Å²) in [6, 6.07) is 9.11. The van der Waals surface area contributed by atoms with E-state index in [-0.39, 0.29) is 11.8 Å². The summed E-state index contributed by atoms with van der Waals surface area (Å²) in [5, 5.41) is 0. The summed E-state index contributed by atoms with van der Waals surface area (Å²) in [4.78, 5) is 28.4. The number of carbonyl (C=O) groups excluding carboxylic acids is 2. The van der Waals surface area contributed by atoms with Crippen molar-refractivity contribution in [3.05, 3.63) is 47.9 Å². The summed E-state index contributed by atoms with van der Waals surface area (Å²) in [5.74, 6) is 1.69. The molecular weight excluding hydrogens is 360 g/mol. The molecule has 2 aromatic rings. The zero-order valence-corrected chi connectivity index (χ0v) is 16.3. The number of piperazine rings is 1. The molecule has 0 bridgehead atoms. The van der Waals surface area contributed by atoms with Gasteiger partial charge in [-0.2, -0.15) is 0 Å². The number of aryl methyl sites for hydroxylation is 1. The minimum Gasteiger partial charge on any atom is -0.493 e. The third-order valence-electron chi connectivity index (χ3n) is 4.81. The molecule has 0 saturated carbocycles. The van der Waals surface area contributed by atoms with E-state index in [1.54, 1.807) is 24.1 Å². The lowest BCUT2D eigenvalue weighted by Crippen LogP contribution is -2.50. The predicted molar refractivity (Wildman–Crippen MR) is 104 cm³/mol. The fraction of sp³-hybridized carbons (Fsp3) is 0.429. The lowest BCUT2D eigenvalue weighted by molar-refractivity contribution is -0.132. The number of rotatable bonds is 7. The first-order valence-electron chi connectivity index (χ1n) is 9.52. The lowest BCUT2D eigenvalue weighted by Gasteiger charge is -2.34. The van der Waals surface area contributed by atoms with Crippen molar-refractivity contribution in [2.24, 2.45) is 0 Å². The highest BCUT2D eigenvalue weighted by molar-refractivity contribution is 5.91. The van der Waals surface area contributed by atoms with E-state index in [9.17, 15) is 9.59 Å². The van der Waals surface area contributed by atoms with Crippen LogP contribution in [0.4, 0.5) is 0 Å². The number of furan rings is 1. The number of amides is 2. The van der Waals surface area contributed by atoms with Crippen LogP contribution >= 0.6 is 0 Å². The highest BCUT2D eigenvalue weighted by atomic mass is 16.5. The average molecular weight is 386 g/mol. The quantitative estimate of drug-likeness (QED) is 0.731. The zero-order valence-electron chi connectivity index (χ0n) is 16.3. The smallest absolute Gasteiger partial charge is 0.289 e. The van der Waals surface area contributed by atoms with Gasteiger partial charge in [0.1, 0.15) is 0 Å². The summed E-state index contributed by atoms with van der Waals surface area (Å²) in [5.41, 5.74) is 1.03. The van der Waals surface area contributed by atoms with Gasteiger partial charge in [-0.1, -0.05) is 6.07 Å². The van der Waals surface area contributed by atoms with E-state index in [4.69, 9.17) is 13.9 Å². The molecule has 1 fully saturated rings. The molecule has 1 aromatic carbocycles. The summed E-state index contributed by atoms with van der Waals surface area (Å²) < 4.78 is 16.0. The molecule has 0 radical (unpaired) electrons. The molecule has 0 atom stereocenters. The Morgan fingerprint density at radius 1 is 1.07 bits per heavy atom. The predicted octanol–water partition coefficient (Wildman–Crippen LogP) is 2.60. The van der Waals surface area contributed by atoms with Crippen LogP contribution in [0, 0.1) is 0 Å². The van der Waals surface area contributed by atoms with Gasteiger partial charge in [-0.15, -0.1) is 0 Å². The highest BCUT2D eigenvalue weighted by Gasteiger charge is 2.25. The van der Waals surface area contributed by atoms with Gasteiger partial charge in [0, 0.05) is 32.6 Å². The number of carbonyl (C=O) groups is 2. The van der Waals surface area contributed by atoms with Crippen molar-refractivity contribution in [3.63, 3.8) is 0 Å². The molecule has 0 aliphatic carbocycles. The van der Waals surface area contributed by atoms with Gasteiger partial charge >= 0.3 is 0 Å². The first-order valence-corrected chi connectivity index (χ1v) is 9.52. The van der Waals surface area contributed by atoms with Gasteiger partial charge in [-0.25, -0.2) is 0 Å². The average Bonchev–Trinajstić information content (AvgIpc) is 3.27. The minimum absolute atomic E-state index is 0.0953. The van der Waals surface area contributed by atoms with Crippen molar-refractivity contribution in [3.8, 4) is 11.5 Å². The van der Waals surface area contributed by atoms with Crippen molar-refractivity contribution >= 4 is 11.8 Å². The minimum atomic E-state index is -0.126. The van der Waals surface area contributed by atoms with E-state index in [0.717, 1.165) is 5.56 Å². The molecule has 28 heavy (non-hydrogen) atoms. The molecule has 1 saturated heterocycles. The summed E-state index contributed by atoms with van der Waals surface area (Å²) >= 11 is 0. The molecule has 0 spiro atoms. The van der Waals surface area contributed by atoms with Crippen LogP contribution in [-0.2, 0) is 11.2 Å². The maximum absolute atomic E-state index is 12.5. The van der Waals surface area contributed by atoms with Gasteiger partial charge in [0.25, 0.3) is 5.91 Å². The molecule has 1 aliphatic rings. The molecule has 1 aromatic heterocycles. The maximum atomic E-state index is 12.5. The fourth-order valence-electron chi connectivity index (χ4n) is 3.27. The number of benzene rings is 1. The third-order valence-corrected chi connectivity index (χ3v) is 4.81. The van der Waals surface area contributed by atoms with Crippen molar-refractivity contribution in [1.29, 1.82) is 0 Å². The molecule has 150 valence electrons. The van der Waals surface area contributed by atoms with E-state index in [2.05, 4.69) is 0 Å². The molecule has 0 N–H and O–H groups in total. The van der Waals surface area contributed by atoms with Crippen molar-refractivity contribution in [1.82, 2.24) is 9.80 Å². The van der Waals surface area contributed by atoms with E-state index < -0.39 is 0 Å². The largest absolute Gasteiger partial charge is 0.493 e. The second kappa shape index (κ2) is 9.30. The fourth-order valence-corrected chi connectivity index (χ4v) is 3.27. The number of methoxy groups -OCH3 is 1. The van der Waals surface area contributed by atoms with E-state index >= 15 is 0 Å². The Morgan fingerprint density at radius 3 is 2.46 bits per heavy atom. The first kappa shape index (κ1) is 19.8.